The van der Waals surface area contributed by atoms with Gasteiger partial charge >= 0.3 is 0 Å². The minimum atomic E-state index is -0.116. The molecular weight excluding hydrogens is 459 g/mol. The average Bonchev–Trinajstić information content (AvgIpc) is 2.63. The van der Waals surface area contributed by atoms with Gasteiger partial charge in [0.1, 0.15) is 0 Å². The van der Waals surface area contributed by atoms with Crippen molar-refractivity contribution < 1.29 is 4.79 Å². The van der Waals surface area contributed by atoms with Gasteiger partial charge in [0.2, 0.25) is 5.91 Å². The molecule has 2 rings (SSSR count). The first-order chi connectivity index (χ1) is 12.1. The van der Waals surface area contributed by atoms with Crippen LogP contribution in [0.5, 0.6) is 0 Å². The largest absolute Gasteiger partial charge is 0.352 e. The van der Waals surface area contributed by atoms with Gasteiger partial charge in [-0.3, -0.25) is 9.79 Å². The van der Waals surface area contributed by atoms with Gasteiger partial charge in [-0.1, -0.05) is 30.3 Å². The van der Waals surface area contributed by atoms with Crippen LogP contribution in [0.1, 0.15) is 11.1 Å². The maximum Gasteiger partial charge on any atom is 0.243 e. The van der Waals surface area contributed by atoms with Gasteiger partial charge in [0, 0.05) is 24.2 Å². The summed E-state index contributed by atoms with van der Waals surface area (Å²) in [6.07, 6.45) is 2.07. The molecule has 0 aliphatic rings. The highest BCUT2D eigenvalue weighted by atomic mass is 127. The normalized spacial score (nSPS) is 10.7. The van der Waals surface area contributed by atoms with E-state index in [1.807, 2.05) is 30.3 Å². The highest BCUT2D eigenvalue weighted by Gasteiger charge is 2.06. The Labute approximate surface area is 176 Å². The number of benzene rings is 2. The Kier molecular flexibility index (Phi) is 10.1. The SMILES string of the molecule is CN=C(NCC(=O)Nc1ccccc1)NCc1ccc(C)cc1SC.I. The van der Waals surface area contributed by atoms with Gasteiger partial charge in [-0.2, -0.15) is 0 Å². The Morgan fingerprint density at radius 2 is 1.85 bits per heavy atom. The quantitative estimate of drug-likeness (QED) is 0.254. The van der Waals surface area contributed by atoms with Crippen molar-refractivity contribution in [2.75, 3.05) is 25.2 Å². The third-order valence-electron chi connectivity index (χ3n) is 3.59. The van der Waals surface area contributed by atoms with E-state index >= 15 is 0 Å². The van der Waals surface area contributed by atoms with E-state index in [1.54, 1.807) is 18.8 Å². The number of para-hydroxylation sites is 1. The predicted molar refractivity (Wildman–Crippen MR) is 122 cm³/mol. The van der Waals surface area contributed by atoms with E-state index in [4.69, 9.17) is 0 Å². The van der Waals surface area contributed by atoms with Crippen molar-refractivity contribution in [2.45, 2.75) is 18.4 Å². The molecule has 0 aliphatic heterocycles. The molecule has 1 amide bonds. The lowest BCUT2D eigenvalue weighted by molar-refractivity contribution is -0.115. The van der Waals surface area contributed by atoms with Crippen molar-refractivity contribution in [3.05, 3.63) is 59.7 Å². The minimum absolute atomic E-state index is 0. The van der Waals surface area contributed by atoms with Crippen LogP contribution in [0.4, 0.5) is 5.69 Å². The lowest BCUT2D eigenvalue weighted by Crippen LogP contribution is -2.41. The number of thioether (sulfide) groups is 1. The van der Waals surface area contributed by atoms with Crippen LogP contribution in [0.2, 0.25) is 0 Å². The smallest absolute Gasteiger partial charge is 0.243 e. The number of carbonyl (C=O) groups excluding carboxylic acids is 1. The molecule has 0 atom stereocenters. The van der Waals surface area contributed by atoms with Crippen molar-refractivity contribution in [2.24, 2.45) is 4.99 Å². The first-order valence-electron chi connectivity index (χ1n) is 8.05. The predicted octanol–water partition coefficient (Wildman–Crippen LogP) is 3.64. The number of anilines is 1. The third kappa shape index (κ3) is 7.25. The Hall–Kier alpha value is -1.74. The van der Waals surface area contributed by atoms with Gasteiger partial charge in [-0.05, 0) is 42.5 Å². The number of hydrogen-bond donors (Lipinski definition) is 3. The van der Waals surface area contributed by atoms with Crippen molar-refractivity contribution in [3.8, 4) is 0 Å². The Balaban J connectivity index is 0.00000338. The highest BCUT2D eigenvalue weighted by molar-refractivity contribution is 14.0. The molecule has 0 saturated heterocycles. The molecule has 0 radical (unpaired) electrons. The lowest BCUT2D eigenvalue weighted by Gasteiger charge is -2.14. The van der Waals surface area contributed by atoms with E-state index < -0.39 is 0 Å². The number of halogens is 1. The zero-order valence-electron chi connectivity index (χ0n) is 15.2. The summed E-state index contributed by atoms with van der Waals surface area (Å²) in [4.78, 5) is 17.4. The molecule has 26 heavy (non-hydrogen) atoms. The van der Waals surface area contributed by atoms with Crippen molar-refractivity contribution in [3.63, 3.8) is 0 Å². The zero-order valence-corrected chi connectivity index (χ0v) is 18.4. The van der Waals surface area contributed by atoms with E-state index in [2.05, 4.69) is 52.3 Å². The molecule has 3 N–H and O–H groups in total. The number of guanidine groups is 1. The third-order valence-corrected chi connectivity index (χ3v) is 4.41. The molecule has 0 spiro atoms. The van der Waals surface area contributed by atoms with E-state index in [1.165, 1.54) is 16.0 Å². The molecule has 0 heterocycles. The van der Waals surface area contributed by atoms with E-state index in [0.717, 1.165) is 5.69 Å². The molecule has 5 nitrogen and oxygen atoms in total. The fourth-order valence-electron chi connectivity index (χ4n) is 2.29. The summed E-state index contributed by atoms with van der Waals surface area (Å²) < 4.78 is 0. The summed E-state index contributed by atoms with van der Waals surface area (Å²) in [5, 5.41) is 9.11. The van der Waals surface area contributed by atoms with Gasteiger partial charge in [-0.25, -0.2) is 0 Å². The number of carbonyl (C=O) groups is 1. The Morgan fingerprint density at radius 3 is 2.50 bits per heavy atom. The van der Waals surface area contributed by atoms with Crippen LogP contribution in [0.25, 0.3) is 0 Å². The number of amides is 1. The molecule has 0 unspecified atom stereocenters. The molecule has 140 valence electrons. The number of aryl methyl sites for hydroxylation is 1. The molecule has 2 aromatic rings. The molecule has 0 fully saturated rings. The fraction of sp³-hybridized carbons (Fsp3) is 0.263. The van der Waals surface area contributed by atoms with Crippen LogP contribution >= 0.6 is 35.7 Å². The Morgan fingerprint density at radius 1 is 1.12 bits per heavy atom. The number of aliphatic imine (C=N–C) groups is 1. The molecule has 2 aromatic carbocycles. The molecule has 0 aliphatic carbocycles. The maximum absolute atomic E-state index is 12.0. The Bertz CT molecular complexity index is 738. The monoisotopic (exact) mass is 484 g/mol. The van der Waals surface area contributed by atoms with Gasteiger partial charge in [0.15, 0.2) is 5.96 Å². The number of nitrogens with zero attached hydrogens (tertiary/aromatic N) is 1. The van der Waals surface area contributed by atoms with Gasteiger partial charge in [0.05, 0.1) is 6.54 Å². The summed E-state index contributed by atoms with van der Waals surface area (Å²) in [7, 11) is 1.69. The topological polar surface area (TPSA) is 65.5 Å². The van der Waals surface area contributed by atoms with Crippen LogP contribution in [-0.4, -0.2) is 31.7 Å². The number of rotatable bonds is 6. The summed E-state index contributed by atoms with van der Waals surface area (Å²) in [6, 6.07) is 15.8. The van der Waals surface area contributed by atoms with Gasteiger partial charge in [-0.15, -0.1) is 35.7 Å². The second kappa shape index (κ2) is 11.8. The van der Waals surface area contributed by atoms with Crippen LogP contribution in [0.3, 0.4) is 0 Å². The maximum atomic E-state index is 12.0. The molecule has 7 heteroatoms. The zero-order chi connectivity index (χ0) is 18.1. The lowest BCUT2D eigenvalue weighted by atomic mass is 10.1. The molecule has 0 bridgehead atoms. The van der Waals surface area contributed by atoms with Gasteiger partial charge < -0.3 is 16.0 Å². The second-order valence-corrected chi connectivity index (χ2v) is 6.36. The van der Waals surface area contributed by atoms with Crippen molar-refractivity contribution >= 4 is 53.3 Å². The summed E-state index contributed by atoms with van der Waals surface area (Å²) >= 11 is 1.72. The van der Waals surface area contributed by atoms with Crippen LogP contribution < -0.4 is 16.0 Å². The second-order valence-electron chi connectivity index (χ2n) is 5.51. The first-order valence-corrected chi connectivity index (χ1v) is 9.27. The standard InChI is InChI=1S/C19H24N4OS.HI/c1-14-9-10-15(17(11-14)25-3)12-21-19(20-2)22-13-18(24)23-16-7-5-4-6-8-16;/h4-11H,12-13H2,1-3H3,(H,23,24)(H2,20,21,22);1H. The highest BCUT2D eigenvalue weighted by Crippen LogP contribution is 2.21. The summed E-state index contributed by atoms with van der Waals surface area (Å²) in [5.74, 6) is 0.477. The first kappa shape index (κ1) is 22.3. The van der Waals surface area contributed by atoms with E-state index in [9.17, 15) is 4.79 Å². The van der Waals surface area contributed by atoms with Crippen LogP contribution in [-0.2, 0) is 11.3 Å². The number of nitrogens with one attached hydrogen (secondary N) is 3. The van der Waals surface area contributed by atoms with Crippen molar-refractivity contribution in [1.82, 2.24) is 10.6 Å². The van der Waals surface area contributed by atoms with Crippen LogP contribution in [0.15, 0.2) is 58.4 Å². The van der Waals surface area contributed by atoms with Gasteiger partial charge in [0.25, 0.3) is 0 Å². The van der Waals surface area contributed by atoms with E-state index in [0.29, 0.717) is 12.5 Å². The van der Waals surface area contributed by atoms with Crippen molar-refractivity contribution in [1.29, 1.82) is 0 Å². The number of hydrogen-bond acceptors (Lipinski definition) is 3. The summed E-state index contributed by atoms with van der Waals surface area (Å²) in [5.41, 5.74) is 3.23. The molecule has 0 aromatic heterocycles. The minimum Gasteiger partial charge on any atom is -0.352 e. The molecular formula is C19H25IN4OS. The van der Waals surface area contributed by atoms with E-state index in [-0.39, 0.29) is 36.4 Å². The fourth-order valence-corrected chi connectivity index (χ4v) is 2.99. The average molecular weight is 484 g/mol. The molecule has 0 saturated carbocycles. The summed E-state index contributed by atoms with van der Waals surface area (Å²) in [6.45, 7) is 2.89. The van der Waals surface area contributed by atoms with Crippen LogP contribution in [0, 0.1) is 6.92 Å².